The summed E-state index contributed by atoms with van der Waals surface area (Å²) in [7, 11) is 0. The summed E-state index contributed by atoms with van der Waals surface area (Å²) in [5.74, 6) is -0.0350. The average molecular weight is 680 g/mol. The van der Waals surface area contributed by atoms with Crippen LogP contribution in [0.15, 0.2) is 0 Å². The third-order valence-electron chi connectivity index (χ3n) is 10.6. The van der Waals surface area contributed by atoms with E-state index < -0.39 is 12.1 Å². The molecule has 4 nitrogen and oxygen atoms in total. The minimum Gasteiger partial charge on any atom is -0.394 e. The Hall–Kier alpha value is -0.610. The van der Waals surface area contributed by atoms with Gasteiger partial charge < -0.3 is 15.5 Å². The first-order valence-corrected chi connectivity index (χ1v) is 22.2. The molecule has 288 valence electrons. The van der Waals surface area contributed by atoms with E-state index in [9.17, 15) is 15.0 Å². The first kappa shape index (κ1) is 47.4. The lowest BCUT2D eigenvalue weighted by atomic mass is 10.0. The monoisotopic (exact) mass is 680 g/mol. The van der Waals surface area contributed by atoms with Crippen molar-refractivity contribution < 1.29 is 15.0 Å². The molecule has 0 spiro atoms. The van der Waals surface area contributed by atoms with Gasteiger partial charge in [0.15, 0.2) is 0 Å². The van der Waals surface area contributed by atoms with Gasteiger partial charge in [-0.3, -0.25) is 4.79 Å². The van der Waals surface area contributed by atoms with Crippen LogP contribution >= 0.6 is 0 Å². The number of carbonyl (C=O) groups is 1. The van der Waals surface area contributed by atoms with E-state index >= 15 is 0 Å². The number of nitrogens with one attached hydrogen (secondary N) is 1. The van der Waals surface area contributed by atoms with Crippen molar-refractivity contribution >= 4 is 5.91 Å². The van der Waals surface area contributed by atoms with Crippen LogP contribution in [0.5, 0.6) is 0 Å². The summed E-state index contributed by atoms with van der Waals surface area (Å²) in [6.45, 7) is 4.33. The van der Waals surface area contributed by atoms with E-state index in [4.69, 9.17) is 0 Å². The van der Waals surface area contributed by atoms with Gasteiger partial charge in [0.1, 0.15) is 0 Å². The lowest BCUT2D eigenvalue weighted by Crippen LogP contribution is -2.45. The van der Waals surface area contributed by atoms with Crippen LogP contribution in [-0.4, -0.2) is 34.9 Å². The Bertz CT molecular complexity index is 612. The topological polar surface area (TPSA) is 69.6 Å². The van der Waals surface area contributed by atoms with E-state index in [0.717, 1.165) is 25.7 Å². The molecule has 1 amide bonds. The van der Waals surface area contributed by atoms with E-state index in [1.807, 2.05) is 0 Å². The van der Waals surface area contributed by atoms with Crippen LogP contribution in [-0.2, 0) is 4.79 Å². The predicted octanol–water partition coefficient (Wildman–Crippen LogP) is 13.7. The molecule has 3 N–H and O–H groups in total. The van der Waals surface area contributed by atoms with Crippen molar-refractivity contribution in [3.8, 4) is 0 Å². The van der Waals surface area contributed by atoms with E-state index in [1.54, 1.807) is 0 Å². The number of aliphatic hydroxyl groups excluding tert-OH is 2. The fourth-order valence-corrected chi connectivity index (χ4v) is 7.19. The third kappa shape index (κ3) is 36.7. The van der Waals surface area contributed by atoms with Crippen LogP contribution in [0.2, 0.25) is 0 Å². The zero-order chi connectivity index (χ0) is 35.0. The quantitative estimate of drug-likeness (QED) is 0.0563. The molecule has 0 radical (unpaired) electrons. The van der Waals surface area contributed by atoms with Crippen LogP contribution in [0.25, 0.3) is 0 Å². The van der Waals surface area contributed by atoms with Gasteiger partial charge in [-0.15, -0.1) is 0 Å². The molecule has 0 bridgehead atoms. The number of carbonyl (C=O) groups excluding carboxylic acids is 1. The van der Waals surface area contributed by atoms with Crippen LogP contribution in [0.3, 0.4) is 0 Å². The fraction of sp³-hybridized carbons (Fsp3) is 0.977. The number of rotatable bonds is 41. The Labute approximate surface area is 302 Å². The maximum atomic E-state index is 12.2. The molecule has 0 saturated heterocycles. The second-order valence-corrected chi connectivity index (χ2v) is 15.5. The SMILES string of the molecule is CCCCCCCCCCCCCCCCCCCCCCCCCCCCCCCC(O)C(CO)NC(=O)CCCCCCCCC. The molecular weight excluding hydrogens is 590 g/mol. The van der Waals surface area contributed by atoms with Crippen molar-refractivity contribution in [3.05, 3.63) is 0 Å². The van der Waals surface area contributed by atoms with Gasteiger partial charge in [-0.05, 0) is 12.8 Å². The van der Waals surface area contributed by atoms with Gasteiger partial charge in [-0.2, -0.15) is 0 Å². The normalized spacial score (nSPS) is 12.8. The van der Waals surface area contributed by atoms with Gasteiger partial charge >= 0.3 is 0 Å². The summed E-state index contributed by atoms with van der Waals surface area (Å²) >= 11 is 0. The minimum atomic E-state index is -0.651. The summed E-state index contributed by atoms with van der Waals surface area (Å²) in [6.07, 6.45) is 49.3. The zero-order valence-electron chi connectivity index (χ0n) is 33.0. The highest BCUT2D eigenvalue weighted by Gasteiger charge is 2.20. The molecule has 0 aromatic rings. The molecule has 0 fully saturated rings. The predicted molar refractivity (Wildman–Crippen MR) is 212 cm³/mol. The van der Waals surface area contributed by atoms with E-state index in [-0.39, 0.29) is 12.5 Å². The van der Waals surface area contributed by atoms with Crippen molar-refractivity contribution in [3.63, 3.8) is 0 Å². The first-order valence-electron chi connectivity index (χ1n) is 22.2. The van der Waals surface area contributed by atoms with Gasteiger partial charge in [0.25, 0.3) is 0 Å². The number of unbranched alkanes of at least 4 members (excludes halogenated alkanes) is 34. The molecule has 4 heteroatoms. The average Bonchev–Trinajstić information content (AvgIpc) is 3.09. The van der Waals surface area contributed by atoms with Crippen LogP contribution < -0.4 is 5.32 Å². The highest BCUT2D eigenvalue weighted by molar-refractivity contribution is 5.76. The highest BCUT2D eigenvalue weighted by atomic mass is 16.3. The first-order chi connectivity index (χ1) is 23.7. The van der Waals surface area contributed by atoms with Crippen molar-refractivity contribution in [1.29, 1.82) is 0 Å². The van der Waals surface area contributed by atoms with E-state index in [2.05, 4.69) is 19.2 Å². The lowest BCUT2D eigenvalue weighted by molar-refractivity contribution is -0.123. The molecule has 0 aromatic heterocycles. The van der Waals surface area contributed by atoms with Crippen LogP contribution in [0.1, 0.15) is 258 Å². The van der Waals surface area contributed by atoms with E-state index in [0.29, 0.717) is 12.8 Å². The van der Waals surface area contributed by atoms with Gasteiger partial charge in [-0.25, -0.2) is 0 Å². The van der Waals surface area contributed by atoms with Gasteiger partial charge in [0, 0.05) is 6.42 Å². The second-order valence-electron chi connectivity index (χ2n) is 15.5. The Kier molecular flexibility index (Phi) is 40.3. The van der Waals surface area contributed by atoms with Crippen LogP contribution in [0, 0.1) is 0 Å². The molecule has 48 heavy (non-hydrogen) atoms. The van der Waals surface area contributed by atoms with Gasteiger partial charge in [0.05, 0.1) is 18.8 Å². The number of hydrogen-bond acceptors (Lipinski definition) is 3. The molecule has 0 aliphatic carbocycles. The molecule has 2 unspecified atom stereocenters. The summed E-state index contributed by atoms with van der Waals surface area (Å²) in [6, 6.07) is -0.527. The zero-order valence-corrected chi connectivity index (χ0v) is 33.0. The molecule has 0 aliphatic heterocycles. The van der Waals surface area contributed by atoms with Crippen LogP contribution in [0.4, 0.5) is 0 Å². The molecular formula is C44H89NO3. The minimum absolute atomic E-state index is 0.0350. The summed E-state index contributed by atoms with van der Waals surface area (Å²) in [4.78, 5) is 12.2. The fourth-order valence-electron chi connectivity index (χ4n) is 7.19. The number of amides is 1. The molecule has 0 rings (SSSR count). The standard InChI is InChI=1S/C44H89NO3/c1-3-5-7-9-11-12-13-14-15-16-17-18-19-20-21-22-23-24-25-26-27-28-29-30-31-32-34-35-37-39-43(47)42(41-46)45-44(48)40-38-36-33-10-8-6-4-2/h42-43,46-47H,3-41H2,1-2H3,(H,45,48). The third-order valence-corrected chi connectivity index (χ3v) is 10.6. The largest absolute Gasteiger partial charge is 0.394 e. The van der Waals surface area contributed by atoms with Crippen molar-refractivity contribution in [2.75, 3.05) is 6.61 Å². The summed E-state index contributed by atoms with van der Waals surface area (Å²) < 4.78 is 0. The Morgan fingerprint density at radius 1 is 0.417 bits per heavy atom. The molecule has 0 aliphatic rings. The lowest BCUT2D eigenvalue weighted by Gasteiger charge is -2.22. The highest BCUT2D eigenvalue weighted by Crippen LogP contribution is 2.17. The molecule has 2 atom stereocenters. The Balaban J connectivity index is 3.33. The van der Waals surface area contributed by atoms with Crippen molar-refractivity contribution in [2.45, 2.75) is 270 Å². The number of hydrogen-bond donors (Lipinski definition) is 3. The number of aliphatic hydroxyl groups is 2. The van der Waals surface area contributed by atoms with Crippen molar-refractivity contribution in [2.24, 2.45) is 0 Å². The van der Waals surface area contributed by atoms with Crippen molar-refractivity contribution in [1.82, 2.24) is 5.32 Å². The van der Waals surface area contributed by atoms with Gasteiger partial charge in [-0.1, -0.05) is 239 Å². The second kappa shape index (κ2) is 40.8. The molecule has 0 aromatic carbocycles. The Morgan fingerprint density at radius 3 is 0.938 bits per heavy atom. The van der Waals surface area contributed by atoms with E-state index in [1.165, 1.54) is 205 Å². The molecule has 0 saturated carbocycles. The maximum absolute atomic E-state index is 12.2. The Morgan fingerprint density at radius 2 is 0.667 bits per heavy atom. The molecule has 0 heterocycles. The summed E-state index contributed by atoms with van der Waals surface area (Å²) in [5, 5.41) is 23.0. The maximum Gasteiger partial charge on any atom is 0.220 e. The smallest absolute Gasteiger partial charge is 0.220 e. The summed E-state index contributed by atoms with van der Waals surface area (Å²) in [5.41, 5.74) is 0. The van der Waals surface area contributed by atoms with Gasteiger partial charge in [0.2, 0.25) is 5.91 Å².